The lowest BCUT2D eigenvalue weighted by atomic mass is 9.86. The van der Waals surface area contributed by atoms with E-state index < -0.39 is 67.2 Å². The highest BCUT2D eigenvalue weighted by Crippen LogP contribution is 2.43. The number of aliphatic hydroxyl groups excluding tert-OH is 3. The first kappa shape index (κ1) is 28.8. The molecule has 0 saturated heterocycles. The summed E-state index contributed by atoms with van der Waals surface area (Å²) in [5.74, 6) is -3.70. The maximum absolute atomic E-state index is 13.1. The van der Waals surface area contributed by atoms with E-state index in [4.69, 9.17) is 14.9 Å². The molecule has 4 atom stereocenters. The van der Waals surface area contributed by atoms with Crippen molar-refractivity contribution in [1.82, 2.24) is 16.0 Å². The molecular weight excluding hydrogens is 478 g/mol. The number of hydrogen-bond donors (Lipinski definition) is 8. The van der Waals surface area contributed by atoms with Crippen LogP contribution in [0.2, 0.25) is 0 Å². The fourth-order valence-electron chi connectivity index (χ4n) is 3.84. The number of carboxylic acid groups (broad SMARTS) is 1. The first-order valence-corrected chi connectivity index (χ1v) is 11.3. The molecule has 0 bridgehead atoms. The van der Waals surface area contributed by atoms with Crippen LogP contribution in [0.15, 0.2) is 0 Å². The van der Waals surface area contributed by atoms with Crippen molar-refractivity contribution in [3.63, 3.8) is 0 Å². The van der Waals surface area contributed by atoms with Gasteiger partial charge in [0.05, 0.1) is 19.8 Å². The molecule has 0 aliphatic carbocycles. The minimum absolute atomic E-state index is 0.163. The average molecular weight is 512 g/mol. The number of carbonyl (C=O) groups excluding carboxylic acids is 3. The molecule has 1 aromatic carbocycles. The number of aromatic hydroxyl groups is 1. The number of ether oxygens (including phenoxy) is 1. The van der Waals surface area contributed by atoms with Crippen molar-refractivity contribution in [2.45, 2.75) is 64.3 Å². The van der Waals surface area contributed by atoms with Crippen LogP contribution < -0.4 is 20.7 Å². The highest BCUT2D eigenvalue weighted by atomic mass is 16.5. The van der Waals surface area contributed by atoms with Gasteiger partial charge >= 0.3 is 5.97 Å². The second kappa shape index (κ2) is 11.5. The zero-order valence-corrected chi connectivity index (χ0v) is 20.5. The van der Waals surface area contributed by atoms with Crippen molar-refractivity contribution in [2.24, 2.45) is 0 Å². The summed E-state index contributed by atoms with van der Waals surface area (Å²) >= 11 is 0. The molecule has 13 heteroatoms. The second-order valence-corrected chi connectivity index (χ2v) is 8.90. The minimum Gasteiger partial charge on any atom is -0.507 e. The number of carboxylic acids is 1. The van der Waals surface area contributed by atoms with Gasteiger partial charge in [-0.25, -0.2) is 4.79 Å². The molecular formula is C23H33N3O10. The van der Waals surface area contributed by atoms with Crippen molar-refractivity contribution in [3.8, 4) is 11.5 Å². The van der Waals surface area contributed by atoms with Crippen LogP contribution in [-0.2, 0) is 25.6 Å². The van der Waals surface area contributed by atoms with Gasteiger partial charge < -0.3 is 46.2 Å². The Morgan fingerprint density at radius 2 is 1.36 bits per heavy atom. The molecule has 0 fully saturated rings. The van der Waals surface area contributed by atoms with E-state index in [1.807, 2.05) is 5.32 Å². The Morgan fingerprint density at radius 1 is 0.861 bits per heavy atom. The molecule has 1 aliphatic heterocycles. The van der Waals surface area contributed by atoms with Crippen molar-refractivity contribution < 1.29 is 49.4 Å². The number of hydrogen-bond acceptors (Lipinski definition) is 9. The second-order valence-electron chi connectivity index (χ2n) is 8.90. The lowest BCUT2D eigenvalue weighted by Crippen LogP contribution is -2.61. The van der Waals surface area contributed by atoms with Crippen molar-refractivity contribution in [1.29, 1.82) is 0 Å². The van der Waals surface area contributed by atoms with Crippen molar-refractivity contribution in [3.05, 3.63) is 22.3 Å². The number of fused-ring (bicyclic) bond motifs is 1. The molecule has 13 nitrogen and oxygen atoms in total. The number of aliphatic carboxylic acids is 1. The predicted molar refractivity (Wildman–Crippen MR) is 124 cm³/mol. The quantitative estimate of drug-likeness (QED) is 0.171. The summed E-state index contributed by atoms with van der Waals surface area (Å²) in [5.41, 5.74) is 1.30. The van der Waals surface area contributed by atoms with Gasteiger partial charge in [-0.15, -0.1) is 0 Å². The van der Waals surface area contributed by atoms with E-state index in [0.717, 1.165) is 5.56 Å². The van der Waals surface area contributed by atoms with E-state index in [2.05, 4.69) is 10.6 Å². The molecule has 3 amide bonds. The standard InChI is InChI=1S/C23H33N3O10/c1-10-11(2)18-13(12(3)17(10)30)5-6-23(4,36-18)22(35)26-15(8-28)20(32)24-14(7-27)19(31)25-16(9-29)21(33)34/h14-16,27-30H,5-9H2,1-4H3,(H,24,32)(H,25,31)(H,26,35)(H,33,34). The van der Waals surface area contributed by atoms with Crippen LogP contribution >= 0.6 is 0 Å². The molecule has 36 heavy (non-hydrogen) atoms. The Kier molecular flexibility index (Phi) is 9.24. The summed E-state index contributed by atoms with van der Waals surface area (Å²) in [6.07, 6.45) is 0.631. The van der Waals surface area contributed by atoms with Gasteiger partial charge in [-0.3, -0.25) is 14.4 Å². The minimum atomic E-state index is -1.65. The largest absolute Gasteiger partial charge is 0.507 e. The van der Waals surface area contributed by atoms with Gasteiger partial charge in [0.2, 0.25) is 11.8 Å². The number of phenolic OH excluding ortho intramolecular Hbond substituents is 1. The zero-order valence-electron chi connectivity index (χ0n) is 20.5. The van der Waals surface area contributed by atoms with Gasteiger partial charge in [0, 0.05) is 12.0 Å². The molecule has 1 heterocycles. The Balaban J connectivity index is 2.13. The summed E-state index contributed by atoms with van der Waals surface area (Å²) in [7, 11) is 0. The van der Waals surface area contributed by atoms with Crippen LogP contribution in [0.1, 0.15) is 35.6 Å². The molecule has 8 N–H and O–H groups in total. The maximum atomic E-state index is 13.1. The SMILES string of the molecule is Cc1c(C)c2c(c(C)c1O)CCC(C)(C(=O)NC(CO)C(=O)NC(CO)C(=O)NC(CO)C(=O)O)O2. The highest BCUT2D eigenvalue weighted by Gasteiger charge is 2.42. The number of phenols is 1. The summed E-state index contributed by atoms with van der Waals surface area (Å²) < 4.78 is 6.05. The summed E-state index contributed by atoms with van der Waals surface area (Å²) in [6.45, 7) is 4.10. The van der Waals surface area contributed by atoms with Crippen LogP contribution in [0.4, 0.5) is 0 Å². The number of carbonyl (C=O) groups is 4. The topological polar surface area (TPSA) is 215 Å². The molecule has 200 valence electrons. The number of aliphatic hydroxyl groups is 3. The molecule has 0 aromatic heterocycles. The van der Waals surface area contributed by atoms with E-state index in [0.29, 0.717) is 28.9 Å². The lowest BCUT2D eigenvalue weighted by molar-refractivity contribution is -0.144. The van der Waals surface area contributed by atoms with Crippen LogP contribution in [-0.4, -0.2) is 92.8 Å². The first-order valence-electron chi connectivity index (χ1n) is 11.3. The van der Waals surface area contributed by atoms with Gasteiger partial charge in [0.15, 0.2) is 5.60 Å². The van der Waals surface area contributed by atoms with E-state index >= 15 is 0 Å². The Labute approximate surface area is 207 Å². The maximum Gasteiger partial charge on any atom is 0.328 e. The zero-order chi connectivity index (χ0) is 27.4. The van der Waals surface area contributed by atoms with Crippen LogP contribution in [0.25, 0.3) is 0 Å². The normalized spacial score (nSPS) is 19.2. The smallest absolute Gasteiger partial charge is 0.328 e. The number of benzene rings is 1. The fourth-order valence-corrected chi connectivity index (χ4v) is 3.84. The Bertz CT molecular complexity index is 1040. The molecule has 4 unspecified atom stereocenters. The van der Waals surface area contributed by atoms with Crippen LogP contribution in [0, 0.1) is 20.8 Å². The van der Waals surface area contributed by atoms with E-state index in [1.54, 1.807) is 20.8 Å². The van der Waals surface area contributed by atoms with Gasteiger partial charge in [0.25, 0.3) is 5.91 Å². The Morgan fingerprint density at radius 3 is 1.86 bits per heavy atom. The van der Waals surface area contributed by atoms with Crippen molar-refractivity contribution in [2.75, 3.05) is 19.8 Å². The number of rotatable bonds is 10. The van der Waals surface area contributed by atoms with Crippen LogP contribution in [0.3, 0.4) is 0 Å². The monoisotopic (exact) mass is 511 g/mol. The third-order valence-corrected chi connectivity index (χ3v) is 6.42. The molecule has 0 radical (unpaired) electrons. The van der Waals surface area contributed by atoms with Crippen molar-refractivity contribution >= 4 is 23.7 Å². The van der Waals surface area contributed by atoms with Gasteiger partial charge in [-0.05, 0) is 50.8 Å². The summed E-state index contributed by atoms with van der Waals surface area (Å²) in [6, 6.07) is -4.77. The molecule has 1 aliphatic rings. The predicted octanol–water partition coefficient (Wildman–Crippen LogP) is -2.08. The van der Waals surface area contributed by atoms with E-state index in [1.165, 1.54) is 6.92 Å². The summed E-state index contributed by atoms with van der Waals surface area (Å²) in [5, 5.41) is 53.9. The van der Waals surface area contributed by atoms with E-state index in [9.17, 15) is 34.5 Å². The van der Waals surface area contributed by atoms with Crippen LogP contribution in [0.5, 0.6) is 11.5 Å². The fraction of sp³-hybridized carbons (Fsp3) is 0.565. The van der Waals surface area contributed by atoms with E-state index in [-0.39, 0.29) is 12.2 Å². The molecule has 2 rings (SSSR count). The number of nitrogens with one attached hydrogen (secondary N) is 3. The third kappa shape index (κ3) is 5.86. The average Bonchev–Trinajstić information content (AvgIpc) is 2.85. The van der Waals surface area contributed by atoms with Gasteiger partial charge in [-0.2, -0.15) is 0 Å². The highest BCUT2D eigenvalue weighted by molar-refractivity contribution is 5.95. The Hall–Kier alpha value is -3.42. The van der Waals surface area contributed by atoms with Gasteiger partial charge in [-0.1, -0.05) is 0 Å². The molecule has 0 spiro atoms. The molecule has 1 aromatic rings. The third-order valence-electron chi connectivity index (χ3n) is 6.42. The molecule has 0 saturated carbocycles. The first-order chi connectivity index (χ1) is 16.8. The summed E-state index contributed by atoms with van der Waals surface area (Å²) in [4.78, 5) is 48.9. The lowest BCUT2D eigenvalue weighted by Gasteiger charge is -2.37. The number of amides is 3. The van der Waals surface area contributed by atoms with Gasteiger partial charge in [0.1, 0.15) is 29.6 Å².